The first-order valence-electron chi connectivity index (χ1n) is 8.91. The first-order valence-corrected chi connectivity index (χ1v) is 8.91. The van der Waals surface area contributed by atoms with Crippen LogP contribution in [0.3, 0.4) is 0 Å². The molecule has 3 aromatic rings. The minimum absolute atomic E-state index is 0.157. The van der Waals surface area contributed by atoms with Gasteiger partial charge in [0, 0.05) is 5.69 Å². The molecule has 0 aliphatic heterocycles. The molecule has 2 aromatic carbocycles. The SMILES string of the molecule is CCOC(=O)c1ccc(NC(=O)c2cnc(Nc3ccccc3OC)cn2)cc1. The van der Waals surface area contributed by atoms with Gasteiger partial charge in [0.1, 0.15) is 17.3 Å². The molecule has 0 radical (unpaired) electrons. The van der Waals surface area contributed by atoms with Gasteiger partial charge < -0.3 is 20.1 Å². The van der Waals surface area contributed by atoms with Crippen LogP contribution < -0.4 is 15.4 Å². The lowest BCUT2D eigenvalue weighted by Crippen LogP contribution is -2.14. The number of benzene rings is 2. The van der Waals surface area contributed by atoms with E-state index in [1.807, 2.05) is 24.3 Å². The quantitative estimate of drug-likeness (QED) is 0.592. The number of amides is 1. The number of rotatable bonds is 7. The summed E-state index contributed by atoms with van der Waals surface area (Å²) in [6.45, 7) is 2.04. The number of hydrogen-bond acceptors (Lipinski definition) is 7. The van der Waals surface area contributed by atoms with E-state index < -0.39 is 11.9 Å². The van der Waals surface area contributed by atoms with Gasteiger partial charge in [0.25, 0.3) is 5.91 Å². The highest BCUT2D eigenvalue weighted by atomic mass is 16.5. The number of aromatic nitrogens is 2. The third-order valence-corrected chi connectivity index (χ3v) is 3.91. The van der Waals surface area contributed by atoms with Crippen LogP contribution in [0.1, 0.15) is 27.8 Å². The Morgan fingerprint density at radius 1 is 1.00 bits per heavy atom. The smallest absolute Gasteiger partial charge is 0.338 e. The molecule has 0 saturated carbocycles. The molecule has 0 aliphatic rings. The molecule has 1 heterocycles. The summed E-state index contributed by atoms with van der Waals surface area (Å²) in [5, 5.41) is 5.80. The van der Waals surface area contributed by atoms with E-state index in [-0.39, 0.29) is 5.69 Å². The van der Waals surface area contributed by atoms with E-state index in [4.69, 9.17) is 9.47 Å². The Morgan fingerprint density at radius 3 is 2.41 bits per heavy atom. The van der Waals surface area contributed by atoms with Crippen molar-refractivity contribution >= 4 is 29.1 Å². The Labute approximate surface area is 167 Å². The second-order valence-electron chi connectivity index (χ2n) is 5.86. The fraction of sp³-hybridized carbons (Fsp3) is 0.143. The lowest BCUT2D eigenvalue weighted by Gasteiger charge is -2.10. The first kappa shape index (κ1) is 19.8. The van der Waals surface area contributed by atoms with E-state index in [9.17, 15) is 9.59 Å². The third-order valence-electron chi connectivity index (χ3n) is 3.91. The summed E-state index contributed by atoms with van der Waals surface area (Å²) in [6.07, 6.45) is 2.84. The number of para-hydroxylation sites is 2. The number of carbonyl (C=O) groups is 2. The number of nitrogens with one attached hydrogen (secondary N) is 2. The third kappa shape index (κ3) is 5.07. The molecule has 0 fully saturated rings. The van der Waals surface area contributed by atoms with Crippen LogP contribution in [0.5, 0.6) is 5.75 Å². The standard InChI is InChI=1S/C21H20N4O4/c1-3-29-21(27)14-8-10-15(11-9-14)24-20(26)17-12-23-19(13-22-17)25-16-6-4-5-7-18(16)28-2/h4-13H,3H2,1-2H3,(H,23,25)(H,24,26). The molecule has 0 aliphatic carbocycles. The average molecular weight is 392 g/mol. The molecule has 2 N–H and O–H groups in total. The molecule has 0 atom stereocenters. The summed E-state index contributed by atoms with van der Waals surface area (Å²) in [4.78, 5) is 32.4. The van der Waals surface area contributed by atoms with Gasteiger partial charge in [-0.05, 0) is 43.3 Å². The van der Waals surface area contributed by atoms with Crippen LogP contribution in [0.25, 0.3) is 0 Å². The molecule has 8 heteroatoms. The van der Waals surface area contributed by atoms with Crippen LogP contribution in [0, 0.1) is 0 Å². The van der Waals surface area contributed by atoms with Crippen molar-refractivity contribution in [1.29, 1.82) is 0 Å². The summed E-state index contributed by atoms with van der Waals surface area (Å²) in [5.41, 5.74) is 1.84. The predicted octanol–water partition coefficient (Wildman–Crippen LogP) is 3.66. The van der Waals surface area contributed by atoms with Crippen molar-refractivity contribution in [2.45, 2.75) is 6.92 Å². The zero-order valence-electron chi connectivity index (χ0n) is 16.0. The molecule has 0 bridgehead atoms. The van der Waals surface area contributed by atoms with Gasteiger partial charge in [0.15, 0.2) is 0 Å². The maximum Gasteiger partial charge on any atom is 0.338 e. The summed E-state index contributed by atoms with van der Waals surface area (Å²) in [6, 6.07) is 13.8. The van der Waals surface area contributed by atoms with E-state index in [1.54, 1.807) is 38.3 Å². The number of esters is 1. The number of ether oxygens (including phenoxy) is 2. The highest BCUT2D eigenvalue weighted by Crippen LogP contribution is 2.25. The number of carbonyl (C=O) groups excluding carboxylic acids is 2. The maximum atomic E-state index is 12.4. The topological polar surface area (TPSA) is 102 Å². The second-order valence-corrected chi connectivity index (χ2v) is 5.86. The highest BCUT2D eigenvalue weighted by Gasteiger charge is 2.11. The van der Waals surface area contributed by atoms with E-state index >= 15 is 0 Å². The van der Waals surface area contributed by atoms with Gasteiger partial charge in [0.05, 0.1) is 37.4 Å². The molecule has 0 spiro atoms. The number of nitrogens with zero attached hydrogens (tertiary/aromatic N) is 2. The van der Waals surface area contributed by atoms with E-state index in [1.165, 1.54) is 12.4 Å². The van der Waals surface area contributed by atoms with Gasteiger partial charge in [-0.1, -0.05) is 12.1 Å². The van der Waals surface area contributed by atoms with Crippen LogP contribution >= 0.6 is 0 Å². The largest absolute Gasteiger partial charge is 0.495 e. The average Bonchev–Trinajstić information content (AvgIpc) is 2.75. The molecule has 0 unspecified atom stereocenters. The monoisotopic (exact) mass is 392 g/mol. The van der Waals surface area contributed by atoms with Crippen molar-refractivity contribution in [3.8, 4) is 5.75 Å². The Hall–Kier alpha value is -3.94. The van der Waals surface area contributed by atoms with E-state index in [0.717, 1.165) is 5.69 Å². The summed E-state index contributed by atoms with van der Waals surface area (Å²) in [5.74, 6) is 0.326. The lowest BCUT2D eigenvalue weighted by molar-refractivity contribution is 0.0526. The van der Waals surface area contributed by atoms with Gasteiger partial charge in [0.2, 0.25) is 0 Å². The fourth-order valence-electron chi connectivity index (χ4n) is 2.49. The van der Waals surface area contributed by atoms with Crippen molar-refractivity contribution in [3.05, 3.63) is 72.2 Å². The van der Waals surface area contributed by atoms with Crippen LogP contribution in [0.2, 0.25) is 0 Å². The summed E-state index contributed by atoms with van der Waals surface area (Å²) in [7, 11) is 1.58. The van der Waals surface area contributed by atoms with Gasteiger partial charge in [-0.3, -0.25) is 4.79 Å². The van der Waals surface area contributed by atoms with Crippen molar-refractivity contribution in [2.24, 2.45) is 0 Å². The fourth-order valence-corrected chi connectivity index (χ4v) is 2.49. The van der Waals surface area contributed by atoms with Gasteiger partial charge in [-0.2, -0.15) is 0 Å². The van der Waals surface area contributed by atoms with E-state index in [0.29, 0.717) is 29.4 Å². The summed E-state index contributed by atoms with van der Waals surface area (Å²) < 4.78 is 10.2. The first-order chi connectivity index (χ1) is 14.1. The molecule has 3 rings (SSSR count). The summed E-state index contributed by atoms with van der Waals surface area (Å²) >= 11 is 0. The molecule has 1 aromatic heterocycles. The van der Waals surface area contributed by atoms with Crippen molar-refractivity contribution in [1.82, 2.24) is 9.97 Å². The normalized spacial score (nSPS) is 10.1. The molecular weight excluding hydrogens is 372 g/mol. The van der Waals surface area contributed by atoms with E-state index in [2.05, 4.69) is 20.6 Å². The molecule has 1 amide bonds. The van der Waals surface area contributed by atoms with Gasteiger partial charge in [-0.25, -0.2) is 14.8 Å². The molecular formula is C21H20N4O4. The van der Waals surface area contributed by atoms with Crippen molar-refractivity contribution in [3.63, 3.8) is 0 Å². The Morgan fingerprint density at radius 2 is 1.76 bits per heavy atom. The van der Waals surface area contributed by atoms with Crippen molar-refractivity contribution in [2.75, 3.05) is 24.4 Å². The highest BCUT2D eigenvalue weighted by molar-refractivity contribution is 6.03. The van der Waals surface area contributed by atoms with Crippen molar-refractivity contribution < 1.29 is 19.1 Å². The Balaban J connectivity index is 1.64. The van der Waals surface area contributed by atoms with Crippen LogP contribution in [-0.2, 0) is 4.74 Å². The number of methoxy groups -OCH3 is 1. The zero-order valence-corrected chi connectivity index (χ0v) is 16.0. The van der Waals surface area contributed by atoms with Crippen LogP contribution in [0.4, 0.5) is 17.2 Å². The minimum Gasteiger partial charge on any atom is -0.495 e. The lowest BCUT2D eigenvalue weighted by atomic mass is 10.2. The van der Waals surface area contributed by atoms with Gasteiger partial charge in [-0.15, -0.1) is 0 Å². The minimum atomic E-state index is -0.412. The van der Waals surface area contributed by atoms with Crippen LogP contribution in [-0.4, -0.2) is 35.6 Å². The second kappa shape index (κ2) is 9.32. The Kier molecular flexibility index (Phi) is 6.36. The van der Waals surface area contributed by atoms with Crippen LogP contribution in [0.15, 0.2) is 60.9 Å². The Bertz CT molecular complexity index is 988. The maximum absolute atomic E-state index is 12.4. The number of anilines is 3. The molecule has 8 nitrogen and oxygen atoms in total. The zero-order chi connectivity index (χ0) is 20.6. The predicted molar refractivity (Wildman–Crippen MR) is 109 cm³/mol. The van der Waals surface area contributed by atoms with Gasteiger partial charge >= 0.3 is 5.97 Å². The molecule has 29 heavy (non-hydrogen) atoms. The number of hydrogen-bond donors (Lipinski definition) is 2. The molecule has 0 saturated heterocycles. The molecule has 148 valence electrons.